The van der Waals surface area contributed by atoms with Gasteiger partial charge in [0.15, 0.2) is 0 Å². The Bertz CT molecular complexity index is 201. The van der Waals surface area contributed by atoms with E-state index >= 15 is 0 Å². The molecule has 2 N–H and O–H groups in total. The predicted octanol–water partition coefficient (Wildman–Crippen LogP) is 0.215. The van der Waals surface area contributed by atoms with E-state index in [1.807, 2.05) is 7.05 Å². The molecule has 4 heteroatoms. The summed E-state index contributed by atoms with van der Waals surface area (Å²) in [6.45, 7) is 4.23. The van der Waals surface area contributed by atoms with Crippen molar-refractivity contribution in [3.63, 3.8) is 0 Å². The van der Waals surface area contributed by atoms with Crippen molar-refractivity contribution in [3.8, 4) is 0 Å². The first-order valence-corrected chi connectivity index (χ1v) is 5.75. The maximum absolute atomic E-state index is 11.9. The second-order valence-electron chi connectivity index (χ2n) is 4.44. The maximum Gasteiger partial charge on any atom is 0.226 e. The van der Waals surface area contributed by atoms with Crippen LogP contribution in [-0.2, 0) is 4.79 Å². The first-order chi connectivity index (χ1) is 7.11. The highest BCUT2D eigenvalue weighted by atomic mass is 16.3. The van der Waals surface area contributed by atoms with E-state index in [1.165, 1.54) is 0 Å². The molecule has 0 aromatic rings. The van der Waals surface area contributed by atoms with Crippen LogP contribution in [0.25, 0.3) is 0 Å². The summed E-state index contributed by atoms with van der Waals surface area (Å²) in [6.07, 6.45) is 2.40. The van der Waals surface area contributed by atoms with E-state index in [4.69, 9.17) is 5.11 Å². The Morgan fingerprint density at radius 2 is 2.40 bits per heavy atom. The Hall–Kier alpha value is -0.610. The molecule has 1 fully saturated rings. The molecule has 0 aliphatic carbocycles. The molecule has 0 bridgehead atoms. The number of aliphatic hydroxyl groups is 1. The lowest BCUT2D eigenvalue weighted by Gasteiger charge is -2.27. The monoisotopic (exact) mass is 214 g/mol. The fourth-order valence-corrected chi connectivity index (χ4v) is 1.86. The summed E-state index contributed by atoms with van der Waals surface area (Å²) in [5.74, 6) is 0.348. The minimum Gasteiger partial charge on any atom is -0.393 e. The van der Waals surface area contributed by atoms with Crippen LogP contribution in [-0.4, -0.2) is 48.7 Å². The van der Waals surface area contributed by atoms with Gasteiger partial charge in [-0.15, -0.1) is 0 Å². The predicted molar refractivity (Wildman–Crippen MR) is 59.5 cm³/mol. The number of amides is 1. The molecule has 1 aliphatic heterocycles. The minimum absolute atomic E-state index is 0.137. The smallest absolute Gasteiger partial charge is 0.226 e. The molecule has 15 heavy (non-hydrogen) atoms. The summed E-state index contributed by atoms with van der Waals surface area (Å²) < 4.78 is 0. The molecule has 2 atom stereocenters. The number of hydrogen-bond acceptors (Lipinski definition) is 3. The van der Waals surface area contributed by atoms with Gasteiger partial charge in [0.05, 0.1) is 12.0 Å². The zero-order valence-corrected chi connectivity index (χ0v) is 9.70. The van der Waals surface area contributed by atoms with E-state index in [0.29, 0.717) is 13.0 Å². The second-order valence-corrected chi connectivity index (χ2v) is 4.44. The van der Waals surface area contributed by atoms with Crippen molar-refractivity contribution in [1.82, 2.24) is 10.2 Å². The number of rotatable bonds is 4. The highest BCUT2D eigenvalue weighted by Gasteiger charge is 2.23. The quantitative estimate of drug-likeness (QED) is 0.703. The van der Waals surface area contributed by atoms with E-state index in [2.05, 4.69) is 5.32 Å². The van der Waals surface area contributed by atoms with Crippen molar-refractivity contribution >= 4 is 5.91 Å². The van der Waals surface area contributed by atoms with E-state index in [-0.39, 0.29) is 17.9 Å². The zero-order chi connectivity index (χ0) is 11.3. The van der Waals surface area contributed by atoms with Gasteiger partial charge in [0.25, 0.3) is 0 Å². The van der Waals surface area contributed by atoms with Crippen molar-refractivity contribution in [3.05, 3.63) is 0 Å². The highest BCUT2D eigenvalue weighted by Crippen LogP contribution is 2.12. The van der Waals surface area contributed by atoms with Crippen molar-refractivity contribution in [2.24, 2.45) is 5.92 Å². The molecular weight excluding hydrogens is 192 g/mol. The van der Waals surface area contributed by atoms with Gasteiger partial charge in [-0.2, -0.15) is 0 Å². The largest absolute Gasteiger partial charge is 0.393 e. The molecule has 1 saturated heterocycles. The van der Waals surface area contributed by atoms with E-state index in [9.17, 15) is 4.79 Å². The Kier molecular flexibility index (Phi) is 5.05. The average Bonchev–Trinajstić information content (AvgIpc) is 2.26. The number of nitrogens with one attached hydrogen (secondary N) is 1. The standard InChI is InChI=1S/C11H22N2O2/c1-9(14)5-7-13(2)11(15)10-4-3-6-12-8-10/h9-10,12,14H,3-8H2,1-2H3. The van der Waals surface area contributed by atoms with Crippen LogP contribution in [0.2, 0.25) is 0 Å². The Morgan fingerprint density at radius 1 is 1.67 bits per heavy atom. The number of carbonyl (C=O) groups excluding carboxylic acids is 1. The Morgan fingerprint density at radius 3 is 2.93 bits per heavy atom. The third-order valence-electron chi connectivity index (χ3n) is 2.90. The molecule has 0 spiro atoms. The summed E-state index contributed by atoms with van der Waals surface area (Å²) >= 11 is 0. The summed E-state index contributed by atoms with van der Waals surface area (Å²) in [7, 11) is 1.82. The summed E-state index contributed by atoms with van der Waals surface area (Å²) in [5.41, 5.74) is 0. The Labute approximate surface area is 91.6 Å². The van der Waals surface area contributed by atoms with Crippen molar-refractivity contribution in [2.45, 2.75) is 32.3 Å². The SMILES string of the molecule is CC(O)CCN(C)C(=O)C1CCCNC1. The minimum atomic E-state index is -0.329. The zero-order valence-electron chi connectivity index (χ0n) is 9.70. The van der Waals surface area contributed by atoms with Crippen LogP contribution < -0.4 is 5.32 Å². The molecule has 0 aromatic carbocycles. The first-order valence-electron chi connectivity index (χ1n) is 5.75. The van der Waals surface area contributed by atoms with Crippen molar-refractivity contribution in [1.29, 1.82) is 0 Å². The van der Waals surface area contributed by atoms with Gasteiger partial charge >= 0.3 is 0 Å². The molecule has 1 aliphatic rings. The lowest BCUT2D eigenvalue weighted by molar-refractivity contribution is -0.134. The first kappa shape index (κ1) is 12.5. The van der Waals surface area contributed by atoms with Crippen LogP contribution in [0.4, 0.5) is 0 Å². The fraction of sp³-hybridized carbons (Fsp3) is 0.909. The van der Waals surface area contributed by atoms with Crippen molar-refractivity contribution < 1.29 is 9.90 Å². The summed E-state index contributed by atoms with van der Waals surface area (Å²) in [6, 6.07) is 0. The van der Waals surface area contributed by atoms with Gasteiger partial charge < -0.3 is 15.3 Å². The van der Waals surface area contributed by atoms with Crippen LogP contribution in [0.5, 0.6) is 0 Å². The second kappa shape index (κ2) is 6.08. The van der Waals surface area contributed by atoms with Crippen LogP contribution in [0.1, 0.15) is 26.2 Å². The van der Waals surface area contributed by atoms with Crippen molar-refractivity contribution in [2.75, 3.05) is 26.7 Å². The fourth-order valence-electron chi connectivity index (χ4n) is 1.86. The molecule has 1 rings (SSSR count). The topological polar surface area (TPSA) is 52.6 Å². The molecular formula is C11H22N2O2. The number of aliphatic hydroxyl groups excluding tert-OH is 1. The molecule has 2 unspecified atom stereocenters. The van der Waals surface area contributed by atoms with Gasteiger partial charge in [0.1, 0.15) is 0 Å². The molecule has 1 amide bonds. The normalized spacial score (nSPS) is 23.5. The molecule has 88 valence electrons. The number of hydrogen-bond donors (Lipinski definition) is 2. The number of piperidine rings is 1. The van der Waals surface area contributed by atoms with Crippen LogP contribution in [0, 0.1) is 5.92 Å². The van der Waals surface area contributed by atoms with Crippen LogP contribution in [0.15, 0.2) is 0 Å². The van der Waals surface area contributed by atoms with Gasteiger partial charge in [-0.25, -0.2) is 0 Å². The third-order valence-corrected chi connectivity index (χ3v) is 2.90. The van der Waals surface area contributed by atoms with Gasteiger partial charge in [-0.3, -0.25) is 4.79 Å². The lowest BCUT2D eigenvalue weighted by Crippen LogP contribution is -2.42. The van der Waals surface area contributed by atoms with Gasteiger partial charge in [-0.1, -0.05) is 0 Å². The number of carbonyl (C=O) groups is 1. The molecule has 0 radical (unpaired) electrons. The van der Waals surface area contributed by atoms with E-state index < -0.39 is 0 Å². The number of nitrogens with zero attached hydrogens (tertiary/aromatic N) is 1. The molecule has 1 heterocycles. The van der Waals surface area contributed by atoms with E-state index in [1.54, 1.807) is 11.8 Å². The summed E-state index contributed by atoms with van der Waals surface area (Å²) in [4.78, 5) is 13.7. The maximum atomic E-state index is 11.9. The Balaban J connectivity index is 2.30. The summed E-state index contributed by atoms with van der Waals surface area (Å²) in [5, 5.41) is 12.4. The lowest BCUT2D eigenvalue weighted by atomic mass is 9.98. The molecule has 0 aromatic heterocycles. The van der Waals surface area contributed by atoms with Crippen LogP contribution >= 0.6 is 0 Å². The van der Waals surface area contributed by atoms with Gasteiger partial charge in [-0.05, 0) is 32.7 Å². The highest BCUT2D eigenvalue weighted by molar-refractivity contribution is 5.78. The van der Waals surface area contributed by atoms with Gasteiger partial charge in [0.2, 0.25) is 5.91 Å². The molecule has 4 nitrogen and oxygen atoms in total. The van der Waals surface area contributed by atoms with E-state index in [0.717, 1.165) is 25.9 Å². The molecule has 0 saturated carbocycles. The third kappa shape index (κ3) is 4.18. The van der Waals surface area contributed by atoms with Gasteiger partial charge in [0, 0.05) is 20.1 Å². The van der Waals surface area contributed by atoms with Crippen LogP contribution in [0.3, 0.4) is 0 Å². The average molecular weight is 214 g/mol.